The van der Waals surface area contributed by atoms with E-state index in [1.807, 2.05) is 0 Å². The fourth-order valence-corrected chi connectivity index (χ4v) is 9.52. The van der Waals surface area contributed by atoms with Crippen LogP contribution in [0.5, 0.6) is 0 Å². The monoisotopic (exact) mass is 544 g/mol. The molecule has 0 aromatic carbocycles. The minimum Gasteiger partial charge on any atom is -0.394 e. The van der Waals surface area contributed by atoms with E-state index < -0.39 is 95.6 Å². The predicted octanol–water partition coefficient (Wildman–Crippen LogP) is -3.04. The Morgan fingerprint density at radius 2 is 1.71 bits per heavy atom. The number of rotatable bonds is 4. The van der Waals surface area contributed by atoms with Gasteiger partial charge in [0.05, 0.1) is 43.5 Å². The van der Waals surface area contributed by atoms with Crippen molar-refractivity contribution in [1.82, 2.24) is 0 Å². The minimum atomic E-state index is -2.16. The largest absolute Gasteiger partial charge is 0.394 e. The molecule has 216 valence electrons. The van der Waals surface area contributed by atoms with Crippen molar-refractivity contribution in [1.29, 1.82) is 0 Å². The van der Waals surface area contributed by atoms with Crippen LogP contribution in [0.25, 0.3) is 0 Å². The zero-order chi connectivity index (χ0) is 27.6. The molecule has 0 radical (unpaired) electrons. The van der Waals surface area contributed by atoms with Crippen LogP contribution in [0.3, 0.4) is 0 Å². The maximum atomic E-state index is 12.0. The van der Waals surface area contributed by atoms with E-state index in [0.717, 1.165) is 0 Å². The van der Waals surface area contributed by atoms with Crippen LogP contribution < -0.4 is 0 Å². The van der Waals surface area contributed by atoms with Crippen molar-refractivity contribution in [2.45, 2.75) is 93.5 Å². The lowest BCUT2D eigenvalue weighted by molar-refractivity contribution is -0.473. The van der Waals surface area contributed by atoms with Crippen LogP contribution in [-0.4, -0.2) is 127 Å². The quantitative estimate of drug-likeness (QED) is 0.162. The first-order valence-corrected chi connectivity index (χ1v) is 13.5. The Hall–Kier alpha value is -0.740. The van der Waals surface area contributed by atoms with E-state index in [2.05, 4.69) is 6.58 Å². The van der Waals surface area contributed by atoms with E-state index in [1.165, 1.54) is 0 Å². The molecule has 3 heterocycles. The van der Waals surface area contributed by atoms with Crippen molar-refractivity contribution < 1.29 is 60.2 Å². The normalized spacial score (nSPS) is 61.5. The molecular formula is C26H40O12. The molecule has 12 heteroatoms. The Kier molecular flexibility index (Phi) is 6.23. The summed E-state index contributed by atoms with van der Waals surface area (Å²) >= 11 is 0. The third-order valence-electron chi connectivity index (χ3n) is 11.5. The molecule has 0 unspecified atom stereocenters. The summed E-state index contributed by atoms with van der Waals surface area (Å²) in [4.78, 5) is 0. The SMILES string of the molecule is C=C1[C@@H]2CC[C@@H]3[C@@]45CO[C@](O)([C@@H](O)[C@@H]4[C@](C)(CO[C@@H]4O[C@H](CO)[C@@H](O)[C@H](O)[C@H]4O)[C@@H](O)C[C@H]5O)[C@]3(C2)[C@@H]1O. The van der Waals surface area contributed by atoms with Crippen molar-refractivity contribution in [3.8, 4) is 0 Å². The second kappa shape index (κ2) is 8.63. The molecule has 3 saturated heterocycles. The van der Waals surface area contributed by atoms with Crippen LogP contribution in [0.4, 0.5) is 0 Å². The molecule has 4 aliphatic carbocycles. The van der Waals surface area contributed by atoms with E-state index >= 15 is 0 Å². The molecular weight excluding hydrogens is 504 g/mol. The molecule has 7 fully saturated rings. The van der Waals surface area contributed by atoms with Crippen LogP contribution >= 0.6 is 0 Å². The first-order chi connectivity index (χ1) is 17.8. The Morgan fingerprint density at radius 3 is 2.39 bits per heavy atom. The summed E-state index contributed by atoms with van der Waals surface area (Å²) in [6.07, 6.45) is -11.0. The number of ether oxygens (including phenoxy) is 3. The summed E-state index contributed by atoms with van der Waals surface area (Å²) in [6, 6.07) is 0. The van der Waals surface area contributed by atoms with E-state index in [9.17, 15) is 46.0 Å². The number of fused-ring (bicyclic) bond motifs is 2. The number of aliphatic hydroxyl groups is 9. The van der Waals surface area contributed by atoms with Crippen molar-refractivity contribution in [2.75, 3.05) is 19.8 Å². The molecule has 4 bridgehead atoms. The summed E-state index contributed by atoms with van der Waals surface area (Å²) in [5.74, 6) is -3.59. The highest BCUT2D eigenvalue weighted by Crippen LogP contribution is 2.77. The van der Waals surface area contributed by atoms with Gasteiger partial charge in [0.25, 0.3) is 0 Å². The van der Waals surface area contributed by atoms with Gasteiger partial charge < -0.3 is 60.2 Å². The average molecular weight is 545 g/mol. The van der Waals surface area contributed by atoms with Gasteiger partial charge in [-0.05, 0) is 36.7 Å². The standard InChI is InChI=1S/C26H40O12/c1-10-11-3-4-13-24-9-37-26(35,25(13,6-11)20(10)33)21(34)19(24)23(2,14(28)5-15(24)29)8-36-22-18(32)17(31)16(30)12(7-27)38-22/h11-22,27-35H,1,3-9H2,2H3/t11-,12-,13-,14+,15-,16-,17+,18-,19-,20-,21+,22-,23-,24-,25+,26-/m1/s1. The molecule has 7 rings (SSSR count). The highest BCUT2D eigenvalue weighted by Gasteiger charge is 2.85. The molecule has 7 aliphatic rings. The van der Waals surface area contributed by atoms with E-state index in [4.69, 9.17) is 14.2 Å². The van der Waals surface area contributed by atoms with Gasteiger partial charge in [0.2, 0.25) is 5.79 Å². The molecule has 0 aromatic heterocycles. The van der Waals surface area contributed by atoms with Crippen molar-refractivity contribution in [3.05, 3.63) is 12.2 Å². The Morgan fingerprint density at radius 1 is 1.00 bits per heavy atom. The topological polar surface area (TPSA) is 210 Å². The van der Waals surface area contributed by atoms with Crippen LogP contribution in [0.1, 0.15) is 32.6 Å². The van der Waals surface area contributed by atoms with E-state index in [1.54, 1.807) is 6.92 Å². The number of hydrogen-bond acceptors (Lipinski definition) is 12. The molecule has 2 spiro atoms. The van der Waals surface area contributed by atoms with Gasteiger partial charge in [-0.2, -0.15) is 0 Å². The lowest BCUT2D eigenvalue weighted by atomic mass is 9.35. The lowest BCUT2D eigenvalue weighted by Gasteiger charge is -2.75. The van der Waals surface area contributed by atoms with Crippen molar-refractivity contribution in [3.63, 3.8) is 0 Å². The highest BCUT2D eigenvalue weighted by atomic mass is 16.7. The summed E-state index contributed by atoms with van der Waals surface area (Å²) < 4.78 is 17.3. The Labute approximate surface area is 220 Å². The van der Waals surface area contributed by atoms with Gasteiger partial charge >= 0.3 is 0 Å². The van der Waals surface area contributed by atoms with Gasteiger partial charge in [-0.15, -0.1) is 0 Å². The molecule has 12 nitrogen and oxygen atoms in total. The molecule has 16 atom stereocenters. The average Bonchev–Trinajstić information content (AvgIpc) is 3.08. The van der Waals surface area contributed by atoms with E-state index in [0.29, 0.717) is 24.8 Å². The fourth-order valence-electron chi connectivity index (χ4n) is 9.52. The van der Waals surface area contributed by atoms with Crippen LogP contribution in [0.2, 0.25) is 0 Å². The summed E-state index contributed by atoms with van der Waals surface area (Å²) in [6.45, 7) is 4.68. The Balaban J connectivity index is 1.37. The smallest absolute Gasteiger partial charge is 0.201 e. The van der Waals surface area contributed by atoms with E-state index in [-0.39, 0.29) is 25.6 Å². The highest BCUT2D eigenvalue weighted by molar-refractivity contribution is 5.35. The molecule has 0 amide bonds. The van der Waals surface area contributed by atoms with Gasteiger partial charge in [-0.1, -0.05) is 13.5 Å². The third kappa shape index (κ3) is 3.01. The molecule has 4 saturated carbocycles. The first-order valence-electron chi connectivity index (χ1n) is 13.5. The van der Waals surface area contributed by atoms with Crippen molar-refractivity contribution >= 4 is 0 Å². The molecule has 0 aromatic rings. The van der Waals surface area contributed by atoms with Gasteiger partial charge in [-0.25, -0.2) is 0 Å². The first kappa shape index (κ1) is 27.4. The maximum Gasteiger partial charge on any atom is 0.201 e. The zero-order valence-electron chi connectivity index (χ0n) is 21.3. The second-order valence-electron chi connectivity index (χ2n) is 12.9. The zero-order valence-corrected chi connectivity index (χ0v) is 21.3. The summed E-state index contributed by atoms with van der Waals surface area (Å²) in [7, 11) is 0. The fraction of sp³-hybridized carbons (Fsp3) is 0.923. The predicted molar refractivity (Wildman–Crippen MR) is 126 cm³/mol. The van der Waals surface area contributed by atoms with Gasteiger partial charge in [0.15, 0.2) is 6.29 Å². The molecule has 3 aliphatic heterocycles. The minimum absolute atomic E-state index is 0.0393. The molecule has 9 N–H and O–H groups in total. The summed E-state index contributed by atoms with van der Waals surface area (Å²) in [5.41, 5.74) is -3.10. The maximum absolute atomic E-state index is 12.0. The molecule has 38 heavy (non-hydrogen) atoms. The Bertz CT molecular complexity index is 978. The number of hydrogen-bond donors (Lipinski definition) is 9. The lowest BCUT2D eigenvalue weighted by Crippen LogP contribution is -2.85. The third-order valence-corrected chi connectivity index (χ3v) is 11.5. The van der Waals surface area contributed by atoms with Crippen LogP contribution in [0.15, 0.2) is 12.2 Å². The van der Waals surface area contributed by atoms with Gasteiger partial charge in [-0.3, -0.25) is 0 Å². The van der Waals surface area contributed by atoms with Gasteiger partial charge in [0.1, 0.15) is 30.5 Å². The number of aliphatic hydroxyl groups excluding tert-OH is 8. The summed E-state index contributed by atoms with van der Waals surface area (Å²) in [5, 5.41) is 98.4. The van der Waals surface area contributed by atoms with Crippen LogP contribution in [0, 0.1) is 34.0 Å². The van der Waals surface area contributed by atoms with Gasteiger partial charge in [0, 0.05) is 23.2 Å². The van der Waals surface area contributed by atoms with Crippen LogP contribution in [-0.2, 0) is 14.2 Å². The van der Waals surface area contributed by atoms with Crippen molar-refractivity contribution in [2.24, 2.45) is 34.0 Å². The second-order valence-corrected chi connectivity index (χ2v) is 12.9.